The second kappa shape index (κ2) is 9.06. The van der Waals surface area contributed by atoms with Crippen LogP contribution in [-0.4, -0.2) is 34.8 Å². The summed E-state index contributed by atoms with van der Waals surface area (Å²) in [6.45, 7) is 9.51. The van der Waals surface area contributed by atoms with Crippen molar-refractivity contribution in [2.75, 3.05) is 11.1 Å². The zero-order valence-corrected chi connectivity index (χ0v) is 20.1. The molecule has 1 N–H and O–H groups in total. The van der Waals surface area contributed by atoms with Crippen LogP contribution in [0.5, 0.6) is 0 Å². The summed E-state index contributed by atoms with van der Waals surface area (Å²) in [4.78, 5) is 12.6. The van der Waals surface area contributed by atoms with Gasteiger partial charge in [-0.3, -0.25) is 10.1 Å². The van der Waals surface area contributed by atoms with Crippen LogP contribution in [0.4, 0.5) is 5.13 Å². The van der Waals surface area contributed by atoms with Gasteiger partial charge in [0.1, 0.15) is 11.6 Å². The Kier molecular flexibility index (Phi) is 6.62. The molecule has 1 aromatic carbocycles. The number of nitrogens with one attached hydrogen (secondary N) is 1. The zero-order chi connectivity index (χ0) is 23.6. The maximum absolute atomic E-state index is 12.6. The van der Waals surface area contributed by atoms with E-state index in [-0.39, 0.29) is 20.8 Å². The van der Waals surface area contributed by atoms with Crippen LogP contribution in [0.3, 0.4) is 0 Å². The fourth-order valence-corrected chi connectivity index (χ4v) is 5.24. The molecule has 0 spiro atoms. The Labute approximate surface area is 191 Å². The molecule has 0 radical (unpaired) electrons. The van der Waals surface area contributed by atoms with Crippen molar-refractivity contribution in [2.24, 2.45) is 0 Å². The Bertz CT molecular complexity index is 1370. The fourth-order valence-electron chi connectivity index (χ4n) is 3.26. The minimum atomic E-state index is -3.52. The number of sulfone groups is 1. The van der Waals surface area contributed by atoms with E-state index in [1.807, 2.05) is 38.1 Å². The number of hydrogen-bond acceptors (Lipinski definition) is 7. The predicted octanol–water partition coefficient (Wildman–Crippen LogP) is 3.90. The average molecular weight is 470 g/mol. The number of aryl methyl sites for hydroxylation is 2. The molecule has 2 heterocycles. The van der Waals surface area contributed by atoms with E-state index in [1.165, 1.54) is 18.6 Å². The molecule has 3 rings (SSSR count). The molecule has 166 valence electrons. The van der Waals surface area contributed by atoms with Crippen molar-refractivity contribution in [1.29, 1.82) is 5.26 Å². The Morgan fingerprint density at radius 1 is 1.25 bits per heavy atom. The highest BCUT2D eigenvalue weighted by Crippen LogP contribution is 2.27. The Morgan fingerprint density at radius 2 is 1.97 bits per heavy atom. The van der Waals surface area contributed by atoms with Gasteiger partial charge in [-0.25, -0.2) is 8.42 Å². The van der Waals surface area contributed by atoms with E-state index in [2.05, 4.69) is 40.0 Å². The topological polar surface area (TPSA) is 118 Å². The van der Waals surface area contributed by atoms with Gasteiger partial charge in [0, 0.05) is 17.1 Å². The third-order valence-electron chi connectivity index (χ3n) is 5.23. The summed E-state index contributed by atoms with van der Waals surface area (Å²) in [6, 6.07) is 9.91. The largest absolute Gasteiger partial charge is 0.318 e. The van der Waals surface area contributed by atoms with Crippen LogP contribution in [0.1, 0.15) is 35.0 Å². The quantitative estimate of drug-likeness (QED) is 0.332. The molecule has 8 nitrogen and oxygen atoms in total. The van der Waals surface area contributed by atoms with Crippen molar-refractivity contribution >= 4 is 38.3 Å². The highest BCUT2D eigenvalue weighted by molar-refractivity contribution is 7.93. The summed E-state index contributed by atoms with van der Waals surface area (Å²) in [5.74, 6) is -0.796. The summed E-state index contributed by atoms with van der Waals surface area (Å²) in [7, 11) is -3.52. The number of amides is 1. The minimum absolute atomic E-state index is 0.0176. The van der Waals surface area contributed by atoms with Crippen molar-refractivity contribution in [1.82, 2.24) is 14.8 Å². The first-order valence-electron chi connectivity index (χ1n) is 9.84. The van der Waals surface area contributed by atoms with Gasteiger partial charge in [0.05, 0.1) is 5.75 Å². The van der Waals surface area contributed by atoms with Gasteiger partial charge in [0.15, 0.2) is 0 Å². The standard InChI is InChI=1S/C22H23N5O3S2/c1-6-32(29,30)22-26-25-21(31-22)24-20(28)18(12-23)11-17-10-14(3)27(16(17)5)19-9-7-8-13(2)15(19)4/h7-11H,6H2,1-5H3,(H,24,25,28)/b18-11-. The molecule has 0 saturated heterocycles. The van der Waals surface area contributed by atoms with Gasteiger partial charge in [-0.15, -0.1) is 10.2 Å². The van der Waals surface area contributed by atoms with E-state index in [4.69, 9.17) is 0 Å². The van der Waals surface area contributed by atoms with Crippen molar-refractivity contribution in [3.05, 3.63) is 57.9 Å². The van der Waals surface area contributed by atoms with E-state index in [9.17, 15) is 18.5 Å². The molecule has 10 heteroatoms. The number of carbonyl (C=O) groups excluding carboxylic acids is 1. The third kappa shape index (κ3) is 4.49. The lowest BCUT2D eigenvalue weighted by molar-refractivity contribution is -0.112. The molecule has 2 aromatic heterocycles. The summed E-state index contributed by atoms with van der Waals surface area (Å²) >= 11 is 0.754. The molecule has 1 amide bonds. The number of benzene rings is 1. The Hall–Kier alpha value is -3.29. The minimum Gasteiger partial charge on any atom is -0.318 e. The molecule has 3 aromatic rings. The van der Waals surface area contributed by atoms with Crippen molar-refractivity contribution in [2.45, 2.75) is 39.0 Å². The normalized spacial score (nSPS) is 11.9. The third-order valence-corrected chi connectivity index (χ3v) is 8.24. The average Bonchev–Trinajstić information content (AvgIpc) is 3.33. The lowest BCUT2D eigenvalue weighted by atomic mass is 10.1. The molecule has 0 unspecified atom stereocenters. The number of nitriles is 1. The highest BCUT2D eigenvalue weighted by Gasteiger charge is 2.20. The first kappa shape index (κ1) is 23.4. The molecule has 0 atom stereocenters. The molecule has 0 bridgehead atoms. The van der Waals surface area contributed by atoms with Gasteiger partial charge in [0.25, 0.3) is 5.91 Å². The van der Waals surface area contributed by atoms with E-state index in [0.717, 1.165) is 39.5 Å². The molecule has 0 aliphatic heterocycles. The Morgan fingerprint density at radius 3 is 2.62 bits per heavy atom. The van der Waals surface area contributed by atoms with Crippen LogP contribution in [0.25, 0.3) is 11.8 Å². The second-order valence-corrected chi connectivity index (χ2v) is 10.7. The molecular formula is C22H23N5O3S2. The number of carbonyl (C=O) groups is 1. The Balaban J connectivity index is 1.93. The van der Waals surface area contributed by atoms with Crippen molar-refractivity contribution in [3.63, 3.8) is 0 Å². The van der Waals surface area contributed by atoms with E-state index >= 15 is 0 Å². The number of aromatic nitrogens is 3. The predicted molar refractivity (Wildman–Crippen MR) is 125 cm³/mol. The lowest BCUT2D eigenvalue weighted by Crippen LogP contribution is -2.13. The van der Waals surface area contributed by atoms with E-state index < -0.39 is 15.7 Å². The first-order chi connectivity index (χ1) is 15.1. The van der Waals surface area contributed by atoms with Gasteiger partial charge < -0.3 is 4.57 Å². The van der Waals surface area contributed by atoms with Gasteiger partial charge in [-0.05, 0) is 62.6 Å². The van der Waals surface area contributed by atoms with Gasteiger partial charge in [0.2, 0.25) is 19.3 Å². The number of rotatable bonds is 6. The molecule has 32 heavy (non-hydrogen) atoms. The summed E-state index contributed by atoms with van der Waals surface area (Å²) < 4.78 is 25.7. The summed E-state index contributed by atoms with van der Waals surface area (Å²) in [6.07, 6.45) is 1.52. The van der Waals surface area contributed by atoms with E-state index in [0.29, 0.717) is 0 Å². The van der Waals surface area contributed by atoms with Gasteiger partial charge in [-0.2, -0.15) is 5.26 Å². The maximum atomic E-state index is 12.6. The number of hydrogen-bond donors (Lipinski definition) is 1. The summed E-state index contributed by atoms with van der Waals surface area (Å²) in [5.41, 5.74) is 5.84. The van der Waals surface area contributed by atoms with Crippen LogP contribution in [0, 0.1) is 39.0 Å². The SMILES string of the molecule is CCS(=O)(=O)c1nnc(NC(=O)/C(C#N)=C\c2cc(C)n(-c3cccc(C)c3C)c2C)s1. The maximum Gasteiger partial charge on any atom is 0.268 e. The molecule has 0 saturated carbocycles. The monoisotopic (exact) mass is 469 g/mol. The lowest BCUT2D eigenvalue weighted by Gasteiger charge is -2.14. The van der Waals surface area contributed by atoms with Crippen LogP contribution >= 0.6 is 11.3 Å². The van der Waals surface area contributed by atoms with Crippen LogP contribution in [-0.2, 0) is 14.6 Å². The van der Waals surface area contributed by atoms with E-state index in [1.54, 1.807) is 0 Å². The molecule has 0 aliphatic rings. The number of nitrogens with zero attached hydrogens (tertiary/aromatic N) is 4. The van der Waals surface area contributed by atoms with Gasteiger partial charge >= 0.3 is 0 Å². The van der Waals surface area contributed by atoms with Crippen molar-refractivity contribution in [3.8, 4) is 11.8 Å². The molecular weight excluding hydrogens is 446 g/mol. The second-order valence-electron chi connectivity index (χ2n) is 7.28. The highest BCUT2D eigenvalue weighted by atomic mass is 32.2. The first-order valence-corrected chi connectivity index (χ1v) is 12.3. The zero-order valence-electron chi connectivity index (χ0n) is 18.4. The van der Waals surface area contributed by atoms with Crippen LogP contribution < -0.4 is 5.32 Å². The molecule has 0 aliphatic carbocycles. The fraction of sp³-hybridized carbons (Fsp3) is 0.273. The van der Waals surface area contributed by atoms with Crippen molar-refractivity contribution < 1.29 is 13.2 Å². The van der Waals surface area contributed by atoms with Crippen LogP contribution in [0.15, 0.2) is 34.2 Å². The smallest absolute Gasteiger partial charge is 0.268 e. The van der Waals surface area contributed by atoms with Crippen LogP contribution in [0.2, 0.25) is 0 Å². The molecule has 0 fully saturated rings. The number of anilines is 1. The summed E-state index contributed by atoms with van der Waals surface area (Å²) in [5, 5.41) is 19.4. The van der Waals surface area contributed by atoms with Gasteiger partial charge in [-0.1, -0.05) is 30.4 Å².